The first-order valence-electron chi connectivity index (χ1n) is 8.22. The van der Waals surface area contributed by atoms with Crippen molar-refractivity contribution in [2.24, 2.45) is 0 Å². The molecule has 1 atom stereocenters. The van der Waals surface area contributed by atoms with Gasteiger partial charge in [0, 0.05) is 0 Å². The smallest absolute Gasteiger partial charge is 0.255 e. The minimum absolute atomic E-state index is 0.104. The molecule has 0 spiro atoms. The number of rotatable bonds is 7. The van der Waals surface area contributed by atoms with Gasteiger partial charge in [-0.15, -0.1) is 0 Å². The van der Waals surface area contributed by atoms with Crippen LogP contribution in [0.3, 0.4) is 0 Å². The molecular formula is C20H25NO4. The van der Waals surface area contributed by atoms with Crippen molar-refractivity contribution < 1.29 is 19.0 Å². The van der Waals surface area contributed by atoms with Crippen molar-refractivity contribution in [1.29, 1.82) is 0 Å². The first kappa shape index (κ1) is 18.6. The lowest BCUT2D eigenvalue weighted by atomic mass is 10.0. The van der Waals surface area contributed by atoms with Crippen LogP contribution in [0.5, 0.6) is 17.2 Å². The SMILES string of the molecule is CC[C@H](NC(=O)c1cccc(OC)c1OC)c1ccc(OC)c(C)c1. The topological polar surface area (TPSA) is 56.8 Å². The van der Waals surface area contributed by atoms with Gasteiger partial charge in [0.25, 0.3) is 5.91 Å². The van der Waals surface area contributed by atoms with Crippen molar-refractivity contribution in [1.82, 2.24) is 5.32 Å². The van der Waals surface area contributed by atoms with Gasteiger partial charge in [-0.3, -0.25) is 4.79 Å². The highest BCUT2D eigenvalue weighted by molar-refractivity contribution is 5.98. The number of nitrogens with one attached hydrogen (secondary N) is 1. The first-order chi connectivity index (χ1) is 12.0. The highest BCUT2D eigenvalue weighted by atomic mass is 16.5. The van der Waals surface area contributed by atoms with Gasteiger partial charge in [-0.2, -0.15) is 0 Å². The van der Waals surface area contributed by atoms with Crippen LogP contribution in [0.15, 0.2) is 36.4 Å². The number of carbonyl (C=O) groups is 1. The predicted molar refractivity (Wildman–Crippen MR) is 97.8 cm³/mol. The zero-order chi connectivity index (χ0) is 18.4. The van der Waals surface area contributed by atoms with E-state index >= 15 is 0 Å². The van der Waals surface area contributed by atoms with Crippen molar-refractivity contribution in [3.05, 3.63) is 53.1 Å². The van der Waals surface area contributed by atoms with E-state index in [1.54, 1.807) is 32.4 Å². The molecule has 2 aromatic carbocycles. The normalized spacial score (nSPS) is 11.6. The number of para-hydroxylation sites is 1. The Morgan fingerprint density at radius 3 is 2.32 bits per heavy atom. The van der Waals surface area contributed by atoms with Crippen LogP contribution in [0.4, 0.5) is 0 Å². The molecule has 0 bridgehead atoms. The van der Waals surface area contributed by atoms with E-state index < -0.39 is 0 Å². The Morgan fingerprint density at radius 1 is 1.04 bits per heavy atom. The lowest BCUT2D eigenvalue weighted by Crippen LogP contribution is -2.28. The van der Waals surface area contributed by atoms with Crippen molar-refractivity contribution in [2.75, 3.05) is 21.3 Å². The number of aryl methyl sites for hydroxylation is 1. The zero-order valence-electron chi connectivity index (χ0n) is 15.4. The summed E-state index contributed by atoms with van der Waals surface area (Å²) in [6.07, 6.45) is 0.768. The summed E-state index contributed by atoms with van der Waals surface area (Å²) in [5.41, 5.74) is 2.52. The zero-order valence-corrected chi connectivity index (χ0v) is 15.4. The third-order valence-corrected chi connectivity index (χ3v) is 4.18. The van der Waals surface area contributed by atoms with Gasteiger partial charge in [0.15, 0.2) is 11.5 Å². The lowest BCUT2D eigenvalue weighted by Gasteiger charge is -2.20. The quantitative estimate of drug-likeness (QED) is 0.828. The summed E-state index contributed by atoms with van der Waals surface area (Å²) in [4.78, 5) is 12.8. The van der Waals surface area contributed by atoms with Gasteiger partial charge < -0.3 is 19.5 Å². The molecule has 0 aliphatic heterocycles. The van der Waals surface area contributed by atoms with Crippen LogP contribution < -0.4 is 19.5 Å². The molecule has 1 amide bonds. The average molecular weight is 343 g/mol. The van der Waals surface area contributed by atoms with Crippen LogP contribution in [-0.4, -0.2) is 27.2 Å². The highest BCUT2D eigenvalue weighted by Crippen LogP contribution is 2.31. The van der Waals surface area contributed by atoms with Gasteiger partial charge in [0.05, 0.1) is 32.9 Å². The van der Waals surface area contributed by atoms with Crippen LogP contribution >= 0.6 is 0 Å². The number of methoxy groups -OCH3 is 3. The Kier molecular flexibility index (Phi) is 6.28. The molecule has 0 heterocycles. The number of hydrogen-bond donors (Lipinski definition) is 1. The van der Waals surface area contributed by atoms with Crippen molar-refractivity contribution in [3.63, 3.8) is 0 Å². The maximum atomic E-state index is 12.8. The predicted octanol–water partition coefficient (Wildman–Crippen LogP) is 3.90. The second-order valence-corrected chi connectivity index (χ2v) is 5.70. The molecule has 0 aromatic heterocycles. The van der Waals surface area contributed by atoms with E-state index in [-0.39, 0.29) is 11.9 Å². The number of carbonyl (C=O) groups excluding carboxylic acids is 1. The average Bonchev–Trinajstić information content (AvgIpc) is 2.64. The van der Waals surface area contributed by atoms with Gasteiger partial charge in [-0.1, -0.05) is 25.1 Å². The van der Waals surface area contributed by atoms with Gasteiger partial charge in [-0.25, -0.2) is 0 Å². The molecular weight excluding hydrogens is 318 g/mol. The summed E-state index contributed by atoms with van der Waals surface area (Å²) in [6.45, 7) is 4.02. The van der Waals surface area contributed by atoms with Crippen LogP contribution in [0.1, 0.15) is 40.9 Å². The van der Waals surface area contributed by atoms with E-state index in [1.807, 2.05) is 32.0 Å². The molecule has 1 N–H and O–H groups in total. The Hall–Kier alpha value is -2.69. The summed E-state index contributed by atoms with van der Waals surface area (Å²) in [7, 11) is 4.73. The van der Waals surface area contributed by atoms with E-state index in [9.17, 15) is 4.79 Å². The number of amides is 1. The van der Waals surface area contributed by atoms with Crippen molar-refractivity contribution in [3.8, 4) is 17.2 Å². The number of ether oxygens (including phenoxy) is 3. The van der Waals surface area contributed by atoms with E-state index in [0.29, 0.717) is 17.1 Å². The van der Waals surface area contributed by atoms with E-state index in [4.69, 9.17) is 14.2 Å². The minimum atomic E-state index is -0.198. The van der Waals surface area contributed by atoms with Crippen LogP contribution in [-0.2, 0) is 0 Å². The molecule has 134 valence electrons. The maximum Gasteiger partial charge on any atom is 0.255 e. The molecule has 0 aliphatic rings. The van der Waals surface area contributed by atoms with Crippen molar-refractivity contribution in [2.45, 2.75) is 26.3 Å². The van der Waals surface area contributed by atoms with Gasteiger partial charge in [0.1, 0.15) is 5.75 Å². The third-order valence-electron chi connectivity index (χ3n) is 4.18. The number of benzene rings is 2. The fourth-order valence-electron chi connectivity index (χ4n) is 2.84. The maximum absolute atomic E-state index is 12.8. The molecule has 0 saturated carbocycles. The van der Waals surface area contributed by atoms with Crippen molar-refractivity contribution >= 4 is 5.91 Å². The second kappa shape index (κ2) is 8.42. The molecule has 2 rings (SSSR count). The molecule has 2 aromatic rings. The molecule has 5 heteroatoms. The lowest BCUT2D eigenvalue weighted by molar-refractivity contribution is 0.0932. The molecule has 5 nitrogen and oxygen atoms in total. The van der Waals surface area contributed by atoms with Crippen LogP contribution in [0.25, 0.3) is 0 Å². The Bertz CT molecular complexity index is 742. The monoisotopic (exact) mass is 343 g/mol. The Labute approximate surface area is 148 Å². The summed E-state index contributed by atoms with van der Waals surface area (Å²) in [5, 5.41) is 3.07. The molecule has 0 fully saturated rings. The molecule has 0 saturated heterocycles. The number of hydrogen-bond acceptors (Lipinski definition) is 4. The molecule has 0 radical (unpaired) electrons. The second-order valence-electron chi connectivity index (χ2n) is 5.70. The minimum Gasteiger partial charge on any atom is -0.496 e. The fraction of sp³-hybridized carbons (Fsp3) is 0.350. The van der Waals surface area contributed by atoms with E-state index in [0.717, 1.165) is 23.3 Å². The van der Waals surface area contributed by atoms with Gasteiger partial charge >= 0.3 is 0 Å². The summed E-state index contributed by atoms with van der Waals surface area (Å²) < 4.78 is 15.9. The molecule has 25 heavy (non-hydrogen) atoms. The fourth-order valence-corrected chi connectivity index (χ4v) is 2.84. The van der Waals surface area contributed by atoms with E-state index in [1.165, 1.54) is 7.11 Å². The summed E-state index contributed by atoms with van der Waals surface area (Å²) in [5.74, 6) is 1.60. The summed E-state index contributed by atoms with van der Waals surface area (Å²) in [6, 6.07) is 11.1. The molecule has 0 unspecified atom stereocenters. The largest absolute Gasteiger partial charge is 0.496 e. The van der Waals surface area contributed by atoms with Gasteiger partial charge in [0.2, 0.25) is 0 Å². The van der Waals surface area contributed by atoms with E-state index in [2.05, 4.69) is 5.32 Å². The first-order valence-corrected chi connectivity index (χ1v) is 8.22. The van der Waals surface area contributed by atoms with Crippen LogP contribution in [0.2, 0.25) is 0 Å². The Morgan fingerprint density at radius 2 is 1.76 bits per heavy atom. The highest BCUT2D eigenvalue weighted by Gasteiger charge is 2.20. The third kappa shape index (κ3) is 4.05. The molecule has 0 aliphatic carbocycles. The van der Waals surface area contributed by atoms with Crippen LogP contribution in [0, 0.1) is 6.92 Å². The summed E-state index contributed by atoms with van der Waals surface area (Å²) >= 11 is 0. The van der Waals surface area contributed by atoms with Gasteiger partial charge in [-0.05, 0) is 42.7 Å². The standard InChI is InChI=1S/C20H25NO4/c1-6-16(14-10-11-17(23-3)13(2)12-14)21-20(22)15-8-7-9-18(24-4)19(15)25-5/h7-12,16H,6H2,1-5H3,(H,21,22)/t16-/m0/s1. The Balaban J connectivity index is 2.27.